The van der Waals surface area contributed by atoms with Crippen LogP contribution in [0, 0.1) is 5.92 Å². The van der Waals surface area contributed by atoms with Crippen LogP contribution in [-0.4, -0.2) is 13.6 Å². The van der Waals surface area contributed by atoms with Crippen LogP contribution in [0.4, 0.5) is 0 Å². The van der Waals surface area contributed by atoms with Gasteiger partial charge in [-0.2, -0.15) is 0 Å². The quantitative estimate of drug-likeness (QED) is 0.640. The predicted octanol–water partition coefficient (Wildman–Crippen LogP) is 2.60. The van der Waals surface area contributed by atoms with Crippen LogP contribution in [0.15, 0.2) is 0 Å². The highest BCUT2D eigenvalue weighted by molar-refractivity contribution is 5.85. The summed E-state index contributed by atoms with van der Waals surface area (Å²) < 4.78 is 0. The van der Waals surface area contributed by atoms with Crippen molar-refractivity contribution in [1.29, 1.82) is 0 Å². The maximum Gasteiger partial charge on any atom is -0.00235 e. The third-order valence-electron chi connectivity index (χ3n) is 2.47. The molecule has 0 radical (unpaired) electrons. The van der Waals surface area contributed by atoms with Crippen LogP contribution in [0.3, 0.4) is 0 Å². The third-order valence-corrected chi connectivity index (χ3v) is 2.47. The average Bonchev–Trinajstić information content (AvgIpc) is 2.17. The van der Waals surface area contributed by atoms with E-state index in [1.165, 1.54) is 45.1 Å². The molecule has 0 saturated heterocycles. The van der Waals surface area contributed by atoms with Crippen LogP contribution in [-0.2, 0) is 0 Å². The maximum atomic E-state index is 3.27. The molecule has 1 N–H and O–H groups in total. The highest BCUT2D eigenvalue weighted by Gasteiger charge is 2.09. The van der Waals surface area contributed by atoms with E-state index in [9.17, 15) is 0 Å². The van der Waals surface area contributed by atoms with Crippen LogP contribution in [0.2, 0.25) is 0 Å². The third kappa shape index (κ3) is 4.65. The molecular formula is C9H20ClN. The summed E-state index contributed by atoms with van der Waals surface area (Å²) in [4.78, 5) is 0. The molecule has 2 heteroatoms. The molecule has 0 bridgehead atoms. The van der Waals surface area contributed by atoms with Crippen molar-refractivity contribution >= 4 is 12.4 Å². The summed E-state index contributed by atoms with van der Waals surface area (Å²) >= 11 is 0. The lowest BCUT2D eigenvalue weighted by atomic mass is 10.0. The Labute approximate surface area is 76.4 Å². The lowest BCUT2D eigenvalue weighted by Gasteiger charge is -2.11. The Bertz CT molecular complexity index is 77.6. The van der Waals surface area contributed by atoms with Gasteiger partial charge in [-0.1, -0.05) is 25.7 Å². The Morgan fingerprint density at radius 1 is 1.09 bits per heavy atom. The summed E-state index contributed by atoms with van der Waals surface area (Å²) in [5, 5.41) is 3.27. The fourth-order valence-corrected chi connectivity index (χ4v) is 1.86. The van der Waals surface area contributed by atoms with E-state index in [1.807, 2.05) is 0 Å². The Hall–Kier alpha value is 0.250. The highest BCUT2D eigenvalue weighted by atomic mass is 35.5. The van der Waals surface area contributed by atoms with Crippen LogP contribution in [0.5, 0.6) is 0 Å². The number of hydrogen-bond donors (Lipinski definition) is 1. The van der Waals surface area contributed by atoms with Gasteiger partial charge in [-0.25, -0.2) is 0 Å². The van der Waals surface area contributed by atoms with E-state index >= 15 is 0 Å². The van der Waals surface area contributed by atoms with E-state index in [0.717, 1.165) is 5.92 Å². The SMILES string of the molecule is CNCC1CCCCCC1.Cl. The molecule has 1 fully saturated rings. The molecule has 0 heterocycles. The van der Waals surface area contributed by atoms with E-state index in [-0.39, 0.29) is 12.4 Å². The largest absolute Gasteiger partial charge is 0.319 e. The molecule has 1 nitrogen and oxygen atoms in total. The minimum atomic E-state index is 0. The van der Waals surface area contributed by atoms with Gasteiger partial charge in [-0.3, -0.25) is 0 Å². The summed E-state index contributed by atoms with van der Waals surface area (Å²) in [7, 11) is 2.06. The first-order valence-corrected chi connectivity index (χ1v) is 4.58. The van der Waals surface area contributed by atoms with Crippen LogP contribution < -0.4 is 5.32 Å². The van der Waals surface area contributed by atoms with Gasteiger partial charge in [0.25, 0.3) is 0 Å². The molecule has 0 aromatic carbocycles. The molecule has 0 aliphatic heterocycles. The van der Waals surface area contributed by atoms with Crippen LogP contribution in [0.25, 0.3) is 0 Å². The fourth-order valence-electron chi connectivity index (χ4n) is 1.86. The van der Waals surface area contributed by atoms with E-state index in [1.54, 1.807) is 0 Å². The first kappa shape index (κ1) is 11.2. The molecule has 68 valence electrons. The zero-order valence-corrected chi connectivity index (χ0v) is 8.25. The van der Waals surface area contributed by atoms with E-state index < -0.39 is 0 Å². The summed E-state index contributed by atoms with van der Waals surface area (Å²) in [6.07, 6.45) is 8.79. The van der Waals surface area contributed by atoms with Crippen LogP contribution in [0.1, 0.15) is 38.5 Å². The van der Waals surface area contributed by atoms with Crippen molar-refractivity contribution in [3.05, 3.63) is 0 Å². The minimum absolute atomic E-state index is 0. The van der Waals surface area contributed by atoms with Gasteiger partial charge in [-0.15, -0.1) is 12.4 Å². The number of halogens is 1. The van der Waals surface area contributed by atoms with Gasteiger partial charge in [0.1, 0.15) is 0 Å². The summed E-state index contributed by atoms with van der Waals surface area (Å²) in [6.45, 7) is 1.24. The van der Waals surface area contributed by atoms with Crippen molar-refractivity contribution in [2.75, 3.05) is 13.6 Å². The highest BCUT2D eigenvalue weighted by Crippen LogP contribution is 2.21. The van der Waals surface area contributed by atoms with Gasteiger partial charge < -0.3 is 5.32 Å². The molecule has 1 aliphatic carbocycles. The Kier molecular flexibility index (Phi) is 7.09. The second-order valence-corrected chi connectivity index (χ2v) is 3.42. The molecule has 1 rings (SSSR count). The van der Waals surface area contributed by atoms with Crippen molar-refractivity contribution in [2.24, 2.45) is 5.92 Å². The minimum Gasteiger partial charge on any atom is -0.319 e. The van der Waals surface area contributed by atoms with Gasteiger partial charge in [-0.05, 0) is 32.4 Å². The molecule has 11 heavy (non-hydrogen) atoms. The Morgan fingerprint density at radius 3 is 2.09 bits per heavy atom. The van der Waals surface area contributed by atoms with Crippen molar-refractivity contribution in [2.45, 2.75) is 38.5 Å². The summed E-state index contributed by atoms with van der Waals surface area (Å²) in [5.74, 6) is 0.979. The van der Waals surface area contributed by atoms with E-state index in [0.29, 0.717) is 0 Å². The second kappa shape index (κ2) is 6.93. The summed E-state index contributed by atoms with van der Waals surface area (Å²) in [5.41, 5.74) is 0. The average molecular weight is 178 g/mol. The molecule has 1 saturated carbocycles. The molecular weight excluding hydrogens is 158 g/mol. The maximum absolute atomic E-state index is 3.27. The van der Waals surface area contributed by atoms with Crippen molar-refractivity contribution in [3.8, 4) is 0 Å². The molecule has 0 aromatic rings. The Balaban J connectivity index is 0.000001000. The van der Waals surface area contributed by atoms with Gasteiger partial charge in [0.2, 0.25) is 0 Å². The van der Waals surface area contributed by atoms with Gasteiger partial charge >= 0.3 is 0 Å². The first-order chi connectivity index (χ1) is 4.93. The lowest BCUT2D eigenvalue weighted by Crippen LogP contribution is -2.17. The molecule has 0 amide bonds. The molecule has 0 aromatic heterocycles. The van der Waals surface area contributed by atoms with Crippen molar-refractivity contribution in [3.63, 3.8) is 0 Å². The standard InChI is InChI=1S/C9H19N.ClH/c1-10-8-9-6-4-2-3-5-7-9;/h9-10H,2-8H2,1H3;1H. The smallest absolute Gasteiger partial charge is 0.00235 e. The van der Waals surface area contributed by atoms with E-state index in [4.69, 9.17) is 0 Å². The molecule has 0 atom stereocenters. The van der Waals surface area contributed by atoms with Crippen LogP contribution >= 0.6 is 12.4 Å². The van der Waals surface area contributed by atoms with Crippen molar-refractivity contribution < 1.29 is 0 Å². The number of hydrogen-bond acceptors (Lipinski definition) is 1. The molecule has 1 aliphatic rings. The predicted molar refractivity (Wildman–Crippen MR) is 52.4 cm³/mol. The zero-order valence-electron chi connectivity index (χ0n) is 7.44. The number of nitrogens with one attached hydrogen (secondary N) is 1. The monoisotopic (exact) mass is 177 g/mol. The van der Waals surface area contributed by atoms with Gasteiger partial charge in [0.15, 0.2) is 0 Å². The van der Waals surface area contributed by atoms with Crippen molar-refractivity contribution in [1.82, 2.24) is 5.32 Å². The Morgan fingerprint density at radius 2 is 1.64 bits per heavy atom. The summed E-state index contributed by atoms with van der Waals surface area (Å²) in [6, 6.07) is 0. The van der Waals surface area contributed by atoms with Gasteiger partial charge in [0, 0.05) is 0 Å². The van der Waals surface area contributed by atoms with Gasteiger partial charge in [0.05, 0.1) is 0 Å². The second-order valence-electron chi connectivity index (χ2n) is 3.42. The normalized spacial score (nSPS) is 20.5. The number of rotatable bonds is 2. The molecule has 0 unspecified atom stereocenters. The first-order valence-electron chi connectivity index (χ1n) is 4.58. The topological polar surface area (TPSA) is 12.0 Å². The zero-order chi connectivity index (χ0) is 7.23. The molecule has 0 spiro atoms. The van der Waals surface area contributed by atoms with E-state index in [2.05, 4.69) is 12.4 Å². The fraction of sp³-hybridized carbons (Fsp3) is 1.00. The lowest BCUT2D eigenvalue weighted by molar-refractivity contribution is 0.441.